The first-order valence-corrected chi connectivity index (χ1v) is 7.82. The van der Waals surface area contributed by atoms with Crippen molar-refractivity contribution in [3.8, 4) is 0 Å². The fraction of sp³-hybridized carbons (Fsp3) is 0.667. The molecule has 0 saturated heterocycles. The Hall–Kier alpha value is -1.58. The van der Waals surface area contributed by atoms with E-state index in [0.717, 1.165) is 24.8 Å². The van der Waals surface area contributed by atoms with Gasteiger partial charge in [-0.1, -0.05) is 37.6 Å². The molecule has 4 nitrogen and oxygen atoms in total. The predicted octanol–water partition coefficient (Wildman–Crippen LogP) is 3.28. The molecule has 0 radical (unpaired) electrons. The Labute approximate surface area is 132 Å². The summed E-state index contributed by atoms with van der Waals surface area (Å²) in [7, 11) is 2.85. The number of esters is 2. The second-order valence-corrected chi connectivity index (χ2v) is 7.01. The summed E-state index contributed by atoms with van der Waals surface area (Å²) in [6.07, 6.45) is 7.08. The SMILES string of the molecule is C=C1C=CC2C(C)(C(=O)OC)CCCC2(C)C1CC(=O)OC. The third-order valence-corrected chi connectivity index (χ3v) is 5.81. The van der Waals surface area contributed by atoms with Gasteiger partial charge in [0.15, 0.2) is 0 Å². The highest BCUT2D eigenvalue weighted by atomic mass is 16.5. The molecule has 0 bridgehead atoms. The Morgan fingerprint density at radius 3 is 2.55 bits per heavy atom. The number of ether oxygens (including phenoxy) is 2. The van der Waals surface area contributed by atoms with Gasteiger partial charge < -0.3 is 9.47 Å². The Morgan fingerprint density at radius 2 is 1.95 bits per heavy atom. The molecule has 2 rings (SSSR count). The van der Waals surface area contributed by atoms with E-state index < -0.39 is 5.41 Å². The zero-order chi connectivity index (χ0) is 16.5. The minimum Gasteiger partial charge on any atom is -0.469 e. The second-order valence-electron chi connectivity index (χ2n) is 7.01. The van der Waals surface area contributed by atoms with Gasteiger partial charge in [0, 0.05) is 0 Å². The van der Waals surface area contributed by atoms with Crippen LogP contribution < -0.4 is 0 Å². The van der Waals surface area contributed by atoms with Crippen LogP contribution in [-0.4, -0.2) is 26.2 Å². The number of hydrogen-bond acceptors (Lipinski definition) is 4. The summed E-state index contributed by atoms with van der Waals surface area (Å²) in [6, 6.07) is 0. The monoisotopic (exact) mass is 306 g/mol. The average molecular weight is 306 g/mol. The molecule has 0 spiro atoms. The van der Waals surface area contributed by atoms with E-state index in [0.29, 0.717) is 6.42 Å². The minimum atomic E-state index is -0.548. The van der Waals surface area contributed by atoms with E-state index in [1.807, 2.05) is 13.0 Å². The maximum absolute atomic E-state index is 12.4. The van der Waals surface area contributed by atoms with Crippen LogP contribution in [0.5, 0.6) is 0 Å². The van der Waals surface area contributed by atoms with Crippen molar-refractivity contribution in [1.82, 2.24) is 0 Å². The largest absolute Gasteiger partial charge is 0.469 e. The molecule has 1 saturated carbocycles. The number of rotatable bonds is 3. The highest BCUT2D eigenvalue weighted by Gasteiger charge is 2.56. The Kier molecular flexibility index (Phi) is 4.50. The van der Waals surface area contributed by atoms with Gasteiger partial charge in [0.2, 0.25) is 0 Å². The lowest BCUT2D eigenvalue weighted by Crippen LogP contribution is -2.52. The number of hydrogen-bond donors (Lipinski definition) is 0. The quantitative estimate of drug-likeness (QED) is 0.751. The average Bonchev–Trinajstić information content (AvgIpc) is 2.49. The van der Waals surface area contributed by atoms with Crippen LogP contribution >= 0.6 is 0 Å². The van der Waals surface area contributed by atoms with Crippen LogP contribution in [0.1, 0.15) is 39.5 Å². The molecule has 4 unspecified atom stereocenters. The van der Waals surface area contributed by atoms with Gasteiger partial charge >= 0.3 is 11.9 Å². The highest BCUT2D eigenvalue weighted by Crippen LogP contribution is 2.59. The lowest BCUT2D eigenvalue weighted by Gasteiger charge is -2.55. The lowest BCUT2D eigenvalue weighted by atomic mass is 9.48. The lowest BCUT2D eigenvalue weighted by molar-refractivity contribution is -0.163. The van der Waals surface area contributed by atoms with Gasteiger partial charge in [-0.3, -0.25) is 9.59 Å². The number of fused-ring (bicyclic) bond motifs is 1. The Bertz CT molecular complexity index is 521. The fourth-order valence-corrected chi connectivity index (χ4v) is 4.53. The molecule has 0 aromatic carbocycles. The molecule has 22 heavy (non-hydrogen) atoms. The predicted molar refractivity (Wildman–Crippen MR) is 84.0 cm³/mol. The zero-order valence-electron chi connectivity index (χ0n) is 14.0. The summed E-state index contributed by atoms with van der Waals surface area (Å²) in [4.78, 5) is 24.2. The van der Waals surface area contributed by atoms with Crippen LogP contribution in [0.3, 0.4) is 0 Å². The number of carbonyl (C=O) groups excluding carboxylic acids is 2. The topological polar surface area (TPSA) is 52.6 Å². The van der Waals surface area contributed by atoms with Gasteiger partial charge in [-0.05, 0) is 37.0 Å². The van der Waals surface area contributed by atoms with Crippen molar-refractivity contribution < 1.29 is 19.1 Å². The van der Waals surface area contributed by atoms with Crippen LogP contribution in [0, 0.1) is 22.7 Å². The molecule has 0 aromatic heterocycles. The summed E-state index contributed by atoms with van der Waals surface area (Å²) >= 11 is 0. The summed E-state index contributed by atoms with van der Waals surface area (Å²) in [5.41, 5.74) is 0.215. The maximum Gasteiger partial charge on any atom is 0.312 e. The van der Waals surface area contributed by atoms with Crippen LogP contribution in [0.2, 0.25) is 0 Å². The van der Waals surface area contributed by atoms with E-state index in [1.54, 1.807) is 0 Å². The fourth-order valence-electron chi connectivity index (χ4n) is 4.53. The summed E-state index contributed by atoms with van der Waals surface area (Å²) in [6.45, 7) is 8.27. The first-order valence-electron chi connectivity index (χ1n) is 7.82. The third kappa shape index (κ3) is 2.49. The van der Waals surface area contributed by atoms with E-state index in [4.69, 9.17) is 9.47 Å². The van der Waals surface area contributed by atoms with Gasteiger partial charge in [0.25, 0.3) is 0 Å². The molecule has 0 N–H and O–H groups in total. The van der Waals surface area contributed by atoms with Crippen molar-refractivity contribution in [2.45, 2.75) is 39.5 Å². The summed E-state index contributed by atoms with van der Waals surface area (Å²) in [5.74, 6) is -0.357. The minimum absolute atomic E-state index is 0.000712. The van der Waals surface area contributed by atoms with Gasteiger partial charge in [0.1, 0.15) is 0 Å². The van der Waals surface area contributed by atoms with Crippen molar-refractivity contribution in [2.24, 2.45) is 22.7 Å². The molecular weight excluding hydrogens is 280 g/mol. The van der Waals surface area contributed by atoms with Crippen LogP contribution in [0.25, 0.3) is 0 Å². The Balaban J connectivity index is 2.43. The number of methoxy groups -OCH3 is 2. The molecule has 0 aliphatic heterocycles. The van der Waals surface area contributed by atoms with Gasteiger partial charge in [-0.25, -0.2) is 0 Å². The van der Waals surface area contributed by atoms with Gasteiger partial charge in [-0.2, -0.15) is 0 Å². The number of carbonyl (C=O) groups is 2. The van der Waals surface area contributed by atoms with Crippen LogP contribution in [-0.2, 0) is 19.1 Å². The van der Waals surface area contributed by atoms with Crippen molar-refractivity contribution in [3.05, 3.63) is 24.3 Å². The molecule has 0 heterocycles. The molecular formula is C18H26O4. The molecule has 122 valence electrons. The highest BCUT2D eigenvalue weighted by molar-refractivity contribution is 5.78. The third-order valence-electron chi connectivity index (χ3n) is 5.81. The molecule has 2 aliphatic carbocycles. The Morgan fingerprint density at radius 1 is 1.27 bits per heavy atom. The van der Waals surface area contributed by atoms with Crippen molar-refractivity contribution in [2.75, 3.05) is 14.2 Å². The van der Waals surface area contributed by atoms with E-state index >= 15 is 0 Å². The van der Waals surface area contributed by atoms with Crippen molar-refractivity contribution in [1.29, 1.82) is 0 Å². The zero-order valence-corrected chi connectivity index (χ0v) is 14.0. The maximum atomic E-state index is 12.4. The normalized spacial score (nSPS) is 37.4. The smallest absolute Gasteiger partial charge is 0.312 e. The molecule has 0 amide bonds. The van der Waals surface area contributed by atoms with E-state index in [-0.39, 0.29) is 29.2 Å². The summed E-state index contributed by atoms with van der Waals surface area (Å²) in [5, 5.41) is 0. The molecule has 4 heteroatoms. The van der Waals surface area contributed by atoms with Gasteiger partial charge in [-0.15, -0.1) is 0 Å². The first kappa shape index (κ1) is 16.8. The van der Waals surface area contributed by atoms with Crippen molar-refractivity contribution >= 4 is 11.9 Å². The van der Waals surface area contributed by atoms with Gasteiger partial charge in [0.05, 0.1) is 26.1 Å². The molecule has 2 aliphatic rings. The first-order chi connectivity index (χ1) is 10.3. The van der Waals surface area contributed by atoms with E-state index in [2.05, 4.69) is 19.6 Å². The molecule has 1 fully saturated rings. The second kappa shape index (κ2) is 5.90. The van der Waals surface area contributed by atoms with E-state index in [1.165, 1.54) is 14.2 Å². The standard InChI is InChI=1S/C18H26O4/c1-12-7-8-14-17(2,13(12)11-15(19)21-4)9-6-10-18(14,3)16(20)22-5/h7-8,13-14H,1,6,9-11H2,2-5H3. The van der Waals surface area contributed by atoms with Crippen LogP contribution in [0.15, 0.2) is 24.3 Å². The van der Waals surface area contributed by atoms with E-state index in [9.17, 15) is 9.59 Å². The van der Waals surface area contributed by atoms with Crippen molar-refractivity contribution in [3.63, 3.8) is 0 Å². The molecule has 4 atom stereocenters. The molecule has 0 aromatic rings. The summed E-state index contributed by atoms with van der Waals surface area (Å²) < 4.78 is 9.92. The van der Waals surface area contributed by atoms with Crippen LogP contribution in [0.4, 0.5) is 0 Å². The number of allylic oxidation sites excluding steroid dienone is 3.